The molecule has 0 saturated heterocycles. The maximum absolute atomic E-state index is 11.8. The van der Waals surface area contributed by atoms with E-state index in [1.165, 1.54) is 6.92 Å². The molecule has 0 unspecified atom stereocenters. The van der Waals surface area contributed by atoms with Crippen LogP contribution in [0.2, 0.25) is 5.15 Å². The van der Waals surface area contributed by atoms with Crippen LogP contribution in [0.3, 0.4) is 0 Å². The van der Waals surface area contributed by atoms with Gasteiger partial charge in [-0.15, -0.1) is 0 Å². The highest BCUT2D eigenvalue weighted by atomic mass is 35.5. The van der Waals surface area contributed by atoms with Crippen LogP contribution in [0.1, 0.15) is 5.82 Å². The molecule has 0 aliphatic heterocycles. The first-order valence-electron chi connectivity index (χ1n) is 4.18. The fourth-order valence-electron chi connectivity index (χ4n) is 0.996. The van der Waals surface area contributed by atoms with Gasteiger partial charge < -0.3 is 4.74 Å². The first kappa shape index (κ1) is 13.0. The Balaban J connectivity index is 2.72. The van der Waals surface area contributed by atoms with Crippen LogP contribution < -0.4 is 5.56 Å². The number of alkyl halides is 3. The average molecular weight is 257 g/mol. The molecular weight excluding hydrogens is 249 g/mol. The van der Waals surface area contributed by atoms with E-state index in [1.807, 2.05) is 0 Å². The first-order valence-corrected chi connectivity index (χ1v) is 4.56. The number of hydrogen-bond donors (Lipinski definition) is 0. The summed E-state index contributed by atoms with van der Waals surface area (Å²) in [6.07, 6.45) is -4.42. The molecule has 0 amide bonds. The molecule has 0 atom stereocenters. The summed E-state index contributed by atoms with van der Waals surface area (Å²) in [6, 6.07) is 1.01. The molecule has 0 aliphatic carbocycles. The van der Waals surface area contributed by atoms with Gasteiger partial charge >= 0.3 is 6.18 Å². The van der Waals surface area contributed by atoms with Crippen LogP contribution >= 0.6 is 11.6 Å². The fraction of sp³-hybridized carbons (Fsp3) is 0.500. The van der Waals surface area contributed by atoms with Gasteiger partial charge in [0.25, 0.3) is 5.56 Å². The summed E-state index contributed by atoms with van der Waals surface area (Å²) in [7, 11) is 0. The van der Waals surface area contributed by atoms with E-state index in [4.69, 9.17) is 11.6 Å². The van der Waals surface area contributed by atoms with Crippen molar-refractivity contribution < 1.29 is 17.9 Å². The molecular formula is C8H8ClF3N2O2. The second-order valence-electron chi connectivity index (χ2n) is 2.99. The highest BCUT2D eigenvalue weighted by Gasteiger charge is 2.27. The van der Waals surface area contributed by atoms with Crippen LogP contribution in [0.15, 0.2) is 10.9 Å². The van der Waals surface area contributed by atoms with E-state index in [0.717, 1.165) is 10.6 Å². The van der Waals surface area contributed by atoms with Gasteiger partial charge in [-0.25, -0.2) is 4.98 Å². The van der Waals surface area contributed by atoms with Crippen molar-refractivity contribution in [1.82, 2.24) is 9.55 Å². The van der Waals surface area contributed by atoms with Gasteiger partial charge in [-0.3, -0.25) is 9.36 Å². The lowest BCUT2D eigenvalue weighted by molar-refractivity contribution is -0.182. The number of nitrogens with zero attached hydrogens (tertiary/aromatic N) is 2. The lowest BCUT2D eigenvalue weighted by Crippen LogP contribution is -2.26. The highest BCUT2D eigenvalue weighted by molar-refractivity contribution is 6.29. The van der Waals surface area contributed by atoms with Crippen LogP contribution in [0.25, 0.3) is 0 Å². The topological polar surface area (TPSA) is 44.1 Å². The molecule has 0 spiro atoms. The quantitative estimate of drug-likeness (QED) is 0.774. The molecule has 0 saturated carbocycles. The Morgan fingerprint density at radius 3 is 2.69 bits per heavy atom. The van der Waals surface area contributed by atoms with E-state index >= 15 is 0 Å². The lowest BCUT2D eigenvalue weighted by Gasteiger charge is -2.11. The van der Waals surface area contributed by atoms with Crippen molar-refractivity contribution >= 4 is 11.6 Å². The predicted octanol–water partition coefficient (Wildman–Crippen LogP) is 1.74. The third kappa shape index (κ3) is 3.82. The van der Waals surface area contributed by atoms with Crippen molar-refractivity contribution in [2.75, 3.05) is 6.61 Å². The number of aromatic nitrogens is 2. The monoisotopic (exact) mass is 256 g/mol. The summed E-state index contributed by atoms with van der Waals surface area (Å²) in [5, 5.41) is -0.00503. The van der Waals surface area contributed by atoms with E-state index < -0.39 is 25.1 Å². The van der Waals surface area contributed by atoms with Crippen molar-refractivity contribution in [1.29, 1.82) is 0 Å². The van der Waals surface area contributed by atoms with Crippen molar-refractivity contribution in [2.24, 2.45) is 0 Å². The maximum Gasteiger partial charge on any atom is 0.411 e. The van der Waals surface area contributed by atoms with Crippen LogP contribution in [0, 0.1) is 6.92 Å². The van der Waals surface area contributed by atoms with E-state index in [9.17, 15) is 18.0 Å². The minimum Gasteiger partial charge on any atom is -0.351 e. The van der Waals surface area contributed by atoms with Gasteiger partial charge in [-0.05, 0) is 6.92 Å². The Labute approximate surface area is 93.6 Å². The maximum atomic E-state index is 11.8. The molecule has 4 nitrogen and oxygen atoms in total. The Hall–Kier alpha value is -1.08. The average Bonchev–Trinajstić information content (AvgIpc) is 2.07. The Bertz CT molecular complexity index is 430. The van der Waals surface area contributed by atoms with Gasteiger partial charge in [0.2, 0.25) is 0 Å². The van der Waals surface area contributed by atoms with Crippen molar-refractivity contribution in [3.05, 3.63) is 27.4 Å². The van der Waals surface area contributed by atoms with Gasteiger partial charge in [-0.2, -0.15) is 13.2 Å². The Morgan fingerprint density at radius 1 is 1.56 bits per heavy atom. The van der Waals surface area contributed by atoms with Crippen molar-refractivity contribution in [3.63, 3.8) is 0 Å². The van der Waals surface area contributed by atoms with Crippen molar-refractivity contribution in [2.45, 2.75) is 19.8 Å². The predicted molar refractivity (Wildman–Crippen MR) is 50.3 cm³/mol. The summed E-state index contributed by atoms with van der Waals surface area (Å²) in [6.45, 7) is -0.472. The first-order chi connectivity index (χ1) is 7.29. The Kier molecular flexibility index (Phi) is 3.93. The molecule has 8 heteroatoms. The summed E-state index contributed by atoms with van der Waals surface area (Å²) in [4.78, 5) is 15.0. The summed E-state index contributed by atoms with van der Waals surface area (Å²) in [5.41, 5.74) is -0.556. The minimum absolute atomic E-state index is 0.00503. The molecule has 16 heavy (non-hydrogen) atoms. The van der Waals surface area contributed by atoms with E-state index in [-0.39, 0.29) is 11.0 Å². The summed E-state index contributed by atoms with van der Waals surface area (Å²) in [5.74, 6) is 0.194. The number of halogens is 4. The lowest BCUT2D eigenvalue weighted by atomic mass is 10.5. The second kappa shape index (κ2) is 4.84. The molecule has 1 heterocycles. The zero-order valence-electron chi connectivity index (χ0n) is 8.21. The number of rotatable bonds is 3. The van der Waals surface area contributed by atoms with E-state index in [1.54, 1.807) is 0 Å². The normalized spacial score (nSPS) is 11.8. The van der Waals surface area contributed by atoms with Crippen molar-refractivity contribution in [3.8, 4) is 0 Å². The van der Waals surface area contributed by atoms with Gasteiger partial charge in [-0.1, -0.05) is 11.6 Å². The molecule has 1 rings (SSSR count). The number of aryl methyl sites for hydroxylation is 1. The fourth-order valence-corrected chi connectivity index (χ4v) is 1.21. The van der Waals surface area contributed by atoms with Crippen LogP contribution in [0.5, 0.6) is 0 Å². The SMILES string of the molecule is Cc1nc(Cl)cc(=O)n1COCC(F)(F)F. The van der Waals surface area contributed by atoms with E-state index in [2.05, 4.69) is 9.72 Å². The Morgan fingerprint density at radius 2 is 2.19 bits per heavy atom. The third-order valence-corrected chi connectivity index (χ3v) is 1.85. The largest absolute Gasteiger partial charge is 0.411 e. The molecule has 1 aromatic rings. The molecule has 0 N–H and O–H groups in total. The second-order valence-corrected chi connectivity index (χ2v) is 3.37. The molecule has 90 valence electrons. The van der Waals surface area contributed by atoms with Gasteiger partial charge in [0.05, 0.1) is 0 Å². The molecule has 0 aromatic carbocycles. The van der Waals surface area contributed by atoms with Gasteiger partial charge in [0.15, 0.2) is 0 Å². The number of hydrogen-bond acceptors (Lipinski definition) is 3. The molecule has 0 radical (unpaired) electrons. The standard InChI is InChI=1S/C8H8ClF3N2O2/c1-5-13-6(9)2-7(15)14(5)4-16-3-8(10,11)12/h2H,3-4H2,1H3. The molecule has 0 aliphatic rings. The molecule has 1 aromatic heterocycles. The zero-order valence-corrected chi connectivity index (χ0v) is 8.97. The third-order valence-electron chi connectivity index (χ3n) is 1.65. The summed E-state index contributed by atoms with van der Waals surface area (Å²) >= 11 is 5.48. The van der Waals surface area contributed by atoms with Crippen LogP contribution in [-0.4, -0.2) is 22.3 Å². The molecule has 0 fully saturated rings. The van der Waals surface area contributed by atoms with E-state index in [0.29, 0.717) is 0 Å². The van der Waals surface area contributed by atoms with Gasteiger partial charge in [0, 0.05) is 6.07 Å². The van der Waals surface area contributed by atoms with Crippen LogP contribution in [-0.2, 0) is 11.5 Å². The highest BCUT2D eigenvalue weighted by Crippen LogP contribution is 2.14. The molecule has 0 bridgehead atoms. The van der Waals surface area contributed by atoms with Crippen LogP contribution in [0.4, 0.5) is 13.2 Å². The minimum atomic E-state index is -4.42. The van der Waals surface area contributed by atoms with Gasteiger partial charge in [0.1, 0.15) is 24.3 Å². The summed E-state index contributed by atoms with van der Waals surface area (Å²) < 4.78 is 40.6. The number of ether oxygens (including phenoxy) is 1. The smallest absolute Gasteiger partial charge is 0.351 e. The zero-order chi connectivity index (χ0) is 12.3.